The van der Waals surface area contributed by atoms with Gasteiger partial charge in [-0.25, -0.2) is 13.4 Å². The van der Waals surface area contributed by atoms with Gasteiger partial charge in [0.2, 0.25) is 15.7 Å². The second-order valence-electron chi connectivity index (χ2n) is 6.90. The van der Waals surface area contributed by atoms with Gasteiger partial charge >= 0.3 is 0 Å². The average molecular weight is 492 g/mol. The van der Waals surface area contributed by atoms with E-state index < -0.39 is 20.3 Å². The highest BCUT2D eigenvalue weighted by molar-refractivity contribution is 7.99. The Labute approximate surface area is 195 Å². The molecule has 0 bridgehead atoms. The number of nitrogens with zero attached hydrogens (tertiary/aromatic N) is 1. The molecule has 0 aliphatic heterocycles. The first-order valence-corrected chi connectivity index (χ1v) is 12.7. The van der Waals surface area contributed by atoms with Crippen molar-refractivity contribution < 1.29 is 13.2 Å². The molecule has 0 aliphatic rings. The number of aromatic nitrogens is 2. The standard InChI is InChI=1S/C22H22ClN3O4S2/c1-2-15-5-9-18(10-6-15)32(29,30)19-13-25-22(26-21(19)28)31-14-20(27)24-12-11-16-3-7-17(23)8-4-16/h3-10,13H,2,11-12,14H2,1H3,(H,24,27)(H,25,26,28). The average Bonchev–Trinajstić information content (AvgIpc) is 2.79. The molecule has 168 valence electrons. The van der Waals surface area contributed by atoms with E-state index in [0.717, 1.165) is 35.5 Å². The Kier molecular flexibility index (Phi) is 8.11. The lowest BCUT2D eigenvalue weighted by molar-refractivity contribution is -0.118. The molecular weight excluding hydrogens is 470 g/mol. The van der Waals surface area contributed by atoms with Crippen molar-refractivity contribution in [1.82, 2.24) is 15.3 Å². The van der Waals surface area contributed by atoms with E-state index in [1.165, 1.54) is 12.1 Å². The second-order valence-corrected chi connectivity index (χ2v) is 10.2. The van der Waals surface area contributed by atoms with Crippen LogP contribution in [0.15, 0.2) is 74.5 Å². The van der Waals surface area contributed by atoms with Gasteiger partial charge < -0.3 is 10.3 Å². The summed E-state index contributed by atoms with van der Waals surface area (Å²) in [6.45, 7) is 2.42. The fourth-order valence-electron chi connectivity index (χ4n) is 2.85. The first kappa shape index (κ1) is 24.0. The number of hydrogen-bond donors (Lipinski definition) is 2. The summed E-state index contributed by atoms with van der Waals surface area (Å²) in [4.78, 5) is 30.5. The Morgan fingerprint density at radius 1 is 1.09 bits per heavy atom. The third-order valence-corrected chi connectivity index (χ3v) is 7.57. The van der Waals surface area contributed by atoms with Crippen LogP contribution in [0.5, 0.6) is 0 Å². The van der Waals surface area contributed by atoms with Crippen molar-refractivity contribution in [3.05, 3.63) is 81.2 Å². The number of H-pyrrole nitrogens is 1. The van der Waals surface area contributed by atoms with Crippen LogP contribution in [0.25, 0.3) is 0 Å². The van der Waals surface area contributed by atoms with Crippen molar-refractivity contribution in [1.29, 1.82) is 0 Å². The summed E-state index contributed by atoms with van der Waals surface area (Å²) in [6, 6.07) is 13.8. The van der Waals surface area contributed by atoms with Gasteiger partial charge in [0.05, 0.1) is 16.8 Å². The van der Waals surface area contributed by atoms with Crippen LogP contribution in [-0.2, 0) is 27.5 Å². The molecule has 0 fully saturated rings. The number of thioether (sulfide) groups is 1. The summed E-state index contributed by atoms with van der Waals surface area (Å²) >= 11 is 6.87. The molecular formula is C22H22ClN3O4S2. The second kappa shape index (κ2) is 10.8. The van der Waals surface area contributed by atoms with Crippen LogP contribution in [0, 0.1) is 0 Å². The Bertz CT molecular complexity index is 1240. The number of aromatic amines is 1. The fourth-order valence-corrected chi connectivity index (χ4v) is 4.87. The SMILES string of the molecule is CCc1ccc(S(=O)(=O)c2cnc(SCC(=O)NCCc3ccc(Cl)cc3)[nH]c2=O)cc1. The zero-order chi connectivity index (χ0) is 23.1. The minimum Gasteiger partial charge on any atom is -0.355 e. The van der Waals surface area contributed by atoms with E-state index in [2.05, 4.69) is 15.3 Å². The smallest absolute Gasteiger partial charge is 0.270 e. The molecule has 0 aliphatic carbocycles. The predicted molar refractivity (Wildman–Crippen MR) is 125 cm³/mol. The predicted octanol–water partition coefficient (Wildman–Crippen LogP) is 3.27. The summed E-state index contributed by atoms with van der Waals surface area (Å²) in [5, 5.41) is 3.61. The van der Waals surface area contributed by atoms with Crippen LogP contribution in [0.2, 0.25) is 5.02 Å². The van der Waals surface area contributed by atoms with Gasteiger partial charge in [-0.1, -0.05) is 54.6 Å². The Hall–Kier alpha value is -2.62. The molecule has 2 aromatic carbocycles. The van der Waals surface area contributed by atoms with E-state index in [1.54, 1.807) is 24.3 Å². The van der Waals surface area contributed by atoms with Crippen LogP contribution in [-0.4, -0.2) is 36.6 Å². The van der Waals surface area contributed by atoms with Crippen LogP contribution in [0.3, 0.4) is 0 Å². The number of benzene rings is 2. The number of aryl methyl sites for hydroxylation is 1. The molecule has 2 N–H and O–H groups in total. The molecule has 0 saturated carbocycles. The van der Waals surface area contributed by atoms with Gasteiger partial charge in [-0.3, -0.25) is 9.59 Å². The Morgan fingerprint density at radius 2 is 1.75 bits per heavy atom. The van der Waals surface area contributed by atoms with Gasteiger partial charge in [-0.15, -0.1) is 0 Å². The van der Waals surface area contributed by atoms with Gasteiger partial charge in [-0.05, 0) is 48.2 Å². The van der Waals surface area contributed by atoms with E-state index in [4.69, 9.17) is 11.6 Å². The molecule has 32 heavy (non-hydrogen) atoms. The summed E-state index contributed by atoms with van der Waals surface area (Å²) in [5.74, 6) is -0.187. The topological polar surface area (TPSA) is 109 Å². The molecule has 0 unspecified atom stereocenters. The van der Waals surface area contributed by atoms with Crippen molar-refractivity contribution in [2.75, 3.05) is 12.3 Å². The molecule has 0 atom stereocenters. The molecule has 10 heteroatoms. The number of carbonyl (C=O) groups is 1. The molecule has 7 nitrogen and oxygen atoms in total. The van der Waals surface area contributed by atoms with Gasteiger partial charge in [0.1, 0.15) is 0 Å². The van der Waals surface area contributed by atoms with Gasteiger partial charge in [0.25, 0.3) is 5.56 Å². The number of amides is 1. The summed E-state index contributed by atoms with van der Waals surface area (Å²) in [7, 11) is -3.99. The van der Waals surface area contributed by atoms with Crippen molar-refractivity contribution in [3.8, 4) is 0 Å². The number of nitrogens with one attached hydrogen (secondary N) is 2. The lowest BCUT2D eigenvalue weighted by Crippen LogP contribution is -2.27. The Balaban J connectivity index is 1.57. The maximum Gasteiger partial charge on any atom is 0.270 e. The highest BCUT2D eigenvalue weighted by atomic mass is 35.5. The fraction of sp³-hybridized carbons (Fsp3) is 0.227. The highest BCUT2D eigenvalue weighted by Gasteiger charge is 2.22. The lowest BCUT2D eigenvalue weighted by Gasteiger charge is -2.07. The zero-order valence-corrected chi connectivity index (χ0v) is 19.7. The molecule has 1 amide bonds. The number of sulfone groups is 1. The minimum atomic E-state index is -3.99. The monoisotopic (exact) mass is 491 g/mol. The van der Waals surface area contributed by atoms with E-state index in [0.29, 0.717) is 18.0 Å². The van der Waals surface area contributed by atoms with Gasteiger partial charge in [0, 0.05) is 11.6 Å². The van der Waals surface area contributed by atoms with E-state index in [1.807, 2.05) is 19.1 Å². The molecule has 0 spiro atoms. The zero-order valence-electron chi connectivity index (χ0n) is 17.3. The van der Waals surface area contributed by atoms with Crippen LogP contribution < -0.4 is 10.9 Å². The number of rotatable bonds is 9. The van der Waals surface area contributed by atoms with Crippen molar-refractivity contribution >= 4 is 39.1 Å². The van der Waals surface area contributed by atoms with Gasteiger partial charge in [0.15, 0.2) is 10.1 Å². The first-order chi connectivity index (χ1) is 15.3. The quantitative estimate of drug-likeness (QED) is 0.351. The molecule has 0 saturated heterocycles. The maximum absolute atomic E-state index is 12.7. The van der Waals surface area contributed by atoms with E-state index >= 15 is 0 Å². The van der Waals surface area contributed by atoms with Crippen molar-refractivity contribution in [3.63, 3.8) is 0 Å². The van der Waals surface area contributed by atoms with Crippen molar-refractivity contribution in [2.45, 2.75) is 34.7 Å². The summed E-state index contributed by atoms with van der Waals surface area (Å²) < 4.78 is 25.5. The molecule has 3 rings (SSSR count). The number of halogens is 1. The Morgan fingerprint density at radius 3 is 2.38 bits per heavy atom. The maximum atomic E-state index is 12.7. The first-order valence-electron chi connectivity index (χ1n) is 9.87. The third kappa shape index (κ3) is 6.21. The molecule has 1 heterocycles. The number of hydrogen-bond acceptors (Lipinski definition) is 6. The van der Waals surface area contributed by atoms with Crippen LogP contribution in [0.1, 0.15) is 18.1 Å². The minimum absolute atomic E-state index is 0.0301. The van der Waals surface area contributed by atoms with Crippen molar-refractivity contribution in [2.24, 2.45) is 0 Å². The highest BCUT2D eigenvalue weighted by Crippen LogP contribution is 2.19. The van der Waals surface area contributed by atoms with Crippen LogP contribution in [0.4, 0.5) is 0 Å². The largest absolute Gasteiger partial charge is 0.355 e. The molecule has 3 aromatic rings. The molecule has 0 radical (unpaired) electrons. The van der Waals surface area contributed by atoms with E-state index in [-0.39, 0.29) is 21.7 Å². The summed E-state index contributed by atoms with van der Waals surface area (Å²) in [5.41, 5.74) is 1.27. The van der Waals surface area contributed by atoms with Crippen LogP contribution >= 0.6 is 23.4 Å². The van der Waals surface area contributed by atoms with E-state index in [9.17, 15) is 18.0 Å². The molecule has 1 aromatic heterocycles. The number of carbonyl (C=O) groups excluding carboxylic acids is 1. The lowest BCUT2D eigenvalue weighted by atomic mass is 10.1. The normalized spacial score (nSPS) is 11.3. The third-order valence-electron chi connectivity index (χ3n) is 4.66. The summed E-state index contributed by atoms with van der Waals surface area (Å²) in [6.07, 6.45) is 2.47. The van der Waals surface area contributed by atoms with Gasteiger partial charge in [-0.2, -0.15) is 0 Å².